The van der Waals surface area contributed by atoms with Crippen LogP contribution >= 0.6 is 0 Å². The zero-order chi connectivity index (χ0) is 18.1. The first-order valence-corrected chi connectivity index (χ1v) is 9.60. The molecule has 6 nitrogen and oxygen atoms in total. The molecule has 1 aromatic carbocycles. The number of rotatable bonds is 3. The van der Waals surface area contributed by atoms with Gasteiger partial charge in [0.2, 0.25) is 11.8 Å². The van der Waals surface area contributed by atoms with Crippen LogP contribution in [0.5, 0.6) is 0 Å². The van der Waals surface area contributed by atoms with Gasteiger partial charge in [-0.2, -0.15) is 0 Å². The third-order valence-corrected chi connectivity index (χ3v) is 5.88. The predicted octanol–water partition coefficient (Wildman–Crippen LogP) is 1.72. The van der Waals surface area contributed by atoms with Crippen LogP contribution in [0.25, 0.3) is 0 Å². The molecule has 3 amide bonds. The number of hydrogen-bond donors (Lipinski definition) is 1. The summed E-state index contributed by atoms with van der Waals surface area (Å²) in [5, 5.41) is 2.91. The molecule has 0 bridgehead atoms. The fourth-order valence-electron chi connectivity index (χ4n) is 4.09. The molecular weight excluding hydrogens is 330 g/mol. The number of benzene rings is 1. The second kappa shape index (κ2) is 7.09. The van der Waals surface area contributed by atoms with Crippen LogP contribution in [0, 0.1) is 5.92 Å². The Labute approximate surface area is 153 Å². The Morgan fingerprint density at radius 1 is 1.00 bits per heavy atom. The summed E-state index contributed by atoms with van der Waals surface area (Å²) in [7, 11) is 0. The molecule has 138 valence electrons. The molecule has 2 fully saturated rings. The highest BCUT2D eigenvalue weighted by Crippen LogP contribution is 2.29. The summed E-state index contributed by atoms with van der Waals surface area (Å²) in [4.78, 5) is 41.0. The maximum atomic E-state index is 12.8. The van der Waals surface area contributed by atoms with Crippen LogP contribution in [0.2, 0.25) is 0 Å². The Morgan fingerprint density at radius 3 is 2.50 bits per heavy atom. The van der Waals surface area contributed by atoms with Crippen LogP contribution in [0.4, 0.5) is 0 Å². The van der Waals surface area contributed by atoms with Gasteiger partial charge >= 0.3 is 0 Å². The van der Waals surface area contributed by atoms with Gasteiger partial charge in [0.15, 0.2) is 0 Å². The summed E-state index contributed by atoms with van der Waals surface area (Å²) >= 11 is 0. The average molecular weight is 355 g/mol. The van der Waals surface area contributed by atoms with Crippen molar-refractivity contribution in [3.63, 3.8) is 0 Å². The minimum atomic E-state index is -0.248. The van der Waals surface area contributed by atoms with Gasteiger partial charge in [0, 0.05) is 37.7 Å². The number of hydrogen-bond acceptors (Lipinski definition) is 3. The van der Waals surface area contributed by atoms with Crippen molar-refractivity contribution in [3.8, 4) is 0 Å². The van der Waals surface area contributed by atoms with Gasteiger partial charge in [-0.15, -0.1) is 0 Å². The standard InChI is InChI=1S/C20H25N3O3/c24-18(13-17-15-7-1-2-8-16(15)19(25)21-17)22-9-4-10-23(12-11-22)20(26)14-5-3-6-14/h1-2,7-8,14,17H,3-6,9-13H2,(H,21,25)/t17-/m0/s1. The average Bonchev–Trinajstić information content (AvgIpc) is 2.77. The van der Waals surface area contributed by atoms with E-state index in [1.54, 1.807) is 6.07 Å². The van der Waals surface area contributed by atoms with Crippen LogP contribution in [0.3, 0.4) is 0 Å². The Kier molecular flexibility index (Phi) is 4.66. The van der Waals surface area contributed by atoms with E-state index >= 15 is 0 Å². The summed E-state index contributed by atoms with van der Waals surface area (Å²) in [6.45, 7) is 2.62. The number of carbonyl (C=O) groups is 3. The van der Waals surface area contributed by atoms with E-state index in [0.717, 1.165) is 37.8 Å². The van der Waals surface area contributed by atoms with Gasteiger partial charge in [0.05, 0.1) is 12.5 Å². The van der Waals surface area contributed by atoms with Crippen molar-refractivity contribution in [3.05, 3.63) is 35.4 Å². The van der Waals surface area contributed by atoms with E-state index in [2.05, 4.69) is 5.32 Å². The quantitative estimate of drug-likeness (QED) is 0.898. The van der Waals surface area contributed by atoms with Crippen molar-refractivity contribution in [1.82, 2.24) is 15.1 Å². The monoisotopic (exact) mass is 355 g/mol. The molecule has 2 aliphatic heterocycles. The van der Waals surface area contributed by atoms with Crippen molar-refractivity contribution in [2.75, 3.05) is 26.2 Å². The largest absolute Gasteiger partial charge is 0.345 e. The molecule has 0 unspecified atom stereocenters. The molecule has 2 heterocycles. The molecule has 1 aliphatic carbocycles. The third kappa shape index (κ3) is 3.20. The molecule has 1 N–H and O–H groups in total. The fraction of sp³-hybridized carbons (Fsp3) is 0.550. The first-order valence-electron chi connectivity index (χ1n) is 9.60. The summed E-state index contributed by atoms with van der Waals surface area (Å²) in [5.41, 5.74) is 1.57. The van der Waals surface area contributed by atoms with Gasteiger partial charge < -0.3 is 15.1 Å². The maximum absolute atomic E-state index is 12.8. The minimum absolute atomic E-state index is 0.0462. The maximum Gasteiger partial charge on any atom is 0.252 e. The molecule has 0 aromatic heterocycles. The van der Waals surface area contributed by atoms with E-state index < -0.39 is 0 Å². The predicted molar refractivity (Wildman–Crippen MR) is 96.4 cm³/mol. The van der Waals surface area contributed by atoms with Gasteiger partial charge in [0.25, 0.3) is 5.91 Å². The molecule has 26 heavy (non-hydrogen) atoms. The van der Waals surface area contributed by atoms with Crippen molar-refractivity contribution >= 4 is 17.7 Å². The Hall–Kier alpha value is -2.37. The first kappa shape index (κ1) is 17.1. The summed E-state index contributed by atoms with van der Waals surface area (Å²) in [6, 6.07) is 7.19. The zero-order valence-corrected chi connectivity index (χ0v) is 14.9. The summed E-state index contributed by atoms with van der Waals surface area (Å²) in [5.74, 6) is 0.418. The summed E-state index contributed by atoms with van der Waals surface area (Å²) in [6.07, 6.45) is 4.28. The highest BCUT2D eigenvalue weighted by Gasteiger charge is 2.33. The highest BCUT2D eigenvalue weighted by molar-refractivity contribution is 5.99. The lowest BCUT2D eigenvalue weighted by Gasteiger charge is -2.31. The van der Waals surface area contributed by atoms with Crippen LogP contribution in [-0.4, -0.2) is 53.7 Å². The van der Waals surface area contributed by atoms with Gasteiger partial charge in [-0.05, 0) is 30.9 Å². The van der Waals surface area contributed by atoms with Crippen LogP contribution in [0.15, 0.2) is 24.3 Å². The zero-order valence-electron chi connectivity index (χ0n) is 14.9. The van der Waals surface area contributed by atoms with Gasteiger partial charge in [-0.25, -0.2) is 0 Å². The van der Waals surface area contributed by atoms with E-state index in [1.807, 2.05) is 28.0 Å². The van der Waals surface area contributed by atoms with E-state index in [-0.39, 0.29) is 36.1 Å². The van der Waals surface area contributed by atoms with Crippen LogP contribution in [-0.2, 0) is 9.59 Å². The Balaban J connectivity index is 1.35. The van der Waals surface area contributed by atoms with E-state index in [1.165, 1.54) is 0 Å². The molecule has 1 saturated carbocycles. The van der Waals surface area contributed by atoms with Crippen LogP contribution < -0.4 is 5.32 Å². The molecule has 1 saturated heterocycles. The number of carbonyl (C=O) groups excluding carboxylic acids is 3. The molecular formula is C20H25N3O3. The highest BCUT2D eigenvalue weighted by atomic mass is 16.2. The molecule has 3 aliphatic rings. The Morgan fingerprint density at radius 2 is 1.73 bits per heavy atom. The van der Waals surface area contributed by atoms with Crippen molar-refractivity contribution in [2.24, 2.45) is 5.92 Å². The second-order valence-corrected chi connectivity index (χ2v) is 7.50. The Bertz CT molecular complexity index is 729. The topological polar surface area (TPSA) is 69.7 Å². The fourth-order valence-corrected chi connectivity index (χ4v) is 4.09. The first-order chi connectivity index (χ1) is 12.6. The lowest BCUT2D eigenvalue weighted by molar-refractivity contribution is -0.138. The number of fused-ring (bicyclic) bond motifs is 1. The van der Waals surface area contributed by atoms with E-state index in [0.29, 0.717) is 25.2 Å². The van der Waals surface area contributed by atoms with E-state index in [4.69, 9.17) is 0 Å². The van der Waals surface area contributed by atoms with Gasteiger partial charge in [-0.3, -0.25) is 14.4 Å². The number of amides is 3. The smallest absolute Gasteiger partial charge is 0.252 e. The third-order valence-electron chi connectivity index (χ3n) is 5.88. The lowest BCUT2D eigenvalue weighted by Crippen LogP contribution is -2.42. The molecule has 4 rings (SSSR count). The molecule has 0 radical (unpaired) electrons. The normalized spacial score (nSPS) is 23.1. The molecule has 6 heteroatoms. The summed E-state index contributed by atoms with van der Waals surface area (Å²) < 4.78 is 0. The number of nitrogens with one attached hydrogen (secondary N) is 1. The van der Waals surface area contributed by atoms with Crippen molar-refractivity contribution < 1.29 is 14.4 Å². The van der Waals surface area contributed by atoms with Gasteiger partial charge in [0.1, 0.15) is 0 Å². The molecule has 0 spiro atoms. The lowest BCUT2D eigenvalue weighted by atomic mass is 9.84. The van der Waals surface area contributed by atoms with Gasteiger partial charge in [-0.1, -0.05) is 24.6 Å². The second-order valence-electron chi connectivity index (χ2n) is 7.50. The molecule has 1 aromatic rings. The minimum Gasteiger partial charge on any atom is -0.345 e. The number of nitrogens with zero attached hydrogens (tertiary/aromatic N) is 2. The van der Waals surface area contributed by atoms with Crippen molar-refractivity contribution in [1.29, 1.82) is 0 Å². The SMILES string of the molecule is O=C1N[C@@H](CC(=O)N2CCCN(C(=O)C3CCC3)CC2)c2ccccc21. The molecule has 1 atom stereocenters. The van der Waals surface area contributed by atoms with E-state index in [9.17, 15) is 14.4 Å². The van der Waals surface area contributed by atoms with Crippen molar-refractivity contribution in [2.45, 2.75) is 38.1 Å². The van der Waals surface area contributed by atoms with Crippen LogP contribution in [0.1, 0.15) is 54.1 Å².